The third-order valence-corrected chi connectivity index (χ3v) is 2.70. The van der Waals surface area contributed by atoms with Gasteiger partial charge in [0.05, 0.1) is 12.0 Å². The van der Waals surface area contributed by atoms with Gasteiger partial charge in [-0.2, -0.15) is 8.78 Å². The standard InChI is InChI=1S/C13H12F2N2O2/c14-13(15)17-7-11(16-8-17)10-4-1-9(2-5-10)3-6-12(18)19/h1-2,4-5,7-8,13H,3,6H2,(H,18,19). The SMILES string of the molecule is O=C(O)CCc1ccc(-c2cn(C(F)F)cn2)cc1. The van der Waals surface area contributed by atoms with E-state index in [1.165, 1.54) is 6.20 Å². The summed E-state index contributed by atoms with van der Waals surface area (Å²) in [6.07, 6.45) is 2.87. The highest BCUT2D eigenvalue weighted by atomic mass is 19.3. The van der Waals surface area contributed by atoms with Crippen molar-refractivity contribution in [3.05, 3.63) is 42.4 Å². The van der Waals surface area contributed by atoms with Crippen molar-refractivity contribution in [2.24, 2.45) is 0 Å². The maximum atomic E-state index is 12.4. The molecule has 1 aromatic carbocycles. The smallest absolute Gasteiger partial charge is 0.319 e. The van der Waals surface area contributed by atoms with Crippen molar-refractivity contribution in [1.82, 2.24) is 9.55 Å². The van der Waals surface area contributed by atoms with Gasteiger partial charge in [-0.3, -0.25) is 9.36 Å². The van der Waals surface area contributed by atoms with Crippen LogP contribution in [0.25, 0.3) is 11.3 Å². The van der Waals surface area contributed by atoms with Gasteiger partial charge in [0.15, 0.2) is 0 Å². The van der Waals surface area contributed by atoms with E-state index in [2.05, 4.69) is 4.98 Å². The van der Waals surface area contributed by atoms with E-state index in [-0.39, 0.29) is 6.42 Å². The van der Waals surface area contributed by atoms with Crippen LogP contribution >= 0.6 is 0 Å². The molecule has 19 heavy (non-hydrogen) atoms. The maximum Gasteiger partial charge on any atom is 0.319 e. The van der Waals surface area contributed by atoms with Crippen LogP contribution in [0.4, 0.5) is 8.78 Å². The number of carbonyl (C=O) groups is 1. The lowest BCUT2D eigenvalue weighted by atomic mass is 10.1. The molecule has 2 aromatic rings. The fraction of sp³-hybridized carbons (Fsp3) is 0.231. The Bertz CT molecular complexity index is 564. The van der Waals surface area contributed by atoms with Crippen LogP contribution in [0.5, 0.6) is 0 Å². The van der Waals surface area contributed by atoms with Crippen LogP contribution < -0.4 is 0 Å². The molecular formula is C13H12F2N2O2. The van der Waals surface area contributed by atoms with E-state index in [9.17, 15) is 13.6 Å². The quantitative estimate of drug-likeness (QED) is 0.905. The Hall–Kier alpha value is -2.24. The molecule has 0 radical (unpaired) electrons. The number of imidazole rings is 1. The van der Waals surface area contributed by atoms with Gasteiger partial charge in [-0.15, -0.1) is 0 Å². The van der Waals surface area contributed by atoms with Crippen LogP contribution in [0, 0.1) is 0 Å². The number of halogens is 2. The van der Waals surface area contributed by atoms with Gasteiger partial charge in [0, 0.05) is 18.2 Å². The van der Waals surface area contributed by atoms with E-state index in [4.69, 9.17) is 5.11 Å². The van der Waals surface area contributed by atoms with E-state index < -0.39 is 12.5 Å². The fourth-order valence-electron chi connectivity index (χ4n) is 1.69. The Morgan fingerprint density at radius 3 is 2.53 bits per heavy atom. The average molecular weight is 266 g/mol. The van der Waals surface area contributed by atoms with Gasteiger partial charge in [-0.05, 0) is 12.0 Å². The lowest BCUT2D eigenvalue weighted by molar-refractivity contribution is -0.136. The molecule has 0 unspecified atom stereocenters. The number of rotatable bonds is 5. The zero-order valence-electron chi connectivity index (χ0n) is 9.96. The Morgan fingerprint density at radius 2 is 2.00 bits per heavy atom. The molecule has 6 heteroatoms. The number of aryl methyl sites for hydroxylation is 1. The minimum Gasteiger partial charge on any atom is -0.481 e. The molecule has 4 nitrogen and oxygen atoms in total. The Morgan fingerprint density at radius 1 is 1.32 bits per heavy atom. The number of carboxylic acids is 1. The number of benzene rings is 1. The molecule has 0 fully saturated rings. The van der Waals surface area contributed by atoms with Gasteiger partial charge >= 0.3 is 12.5 Å². The minimum atomic E-state index is -2.60. The second kappa shape index (κ2) is 5.60. The molecule has 0 aliphatic heterocycles. The van der Waals surface area contributed by atoms with Gasteiger partial charge < -0.3 is 5.11 Å². The van der Waals surface area contributed by atoms with Crippen LogP contribution in [0.3, 0.4) is 0 Å². The molecule has 100 valence electrons. The number of alkyl halides is 2. The Balaban J connectivity index is 2.10. The number of aromatic nitrogens is 2. The van der Waals surface area contributed by atoms with Crippen LogP contribution in [-0.2, 0) is 11.2 Å². The monoisotopic (exact) mass is 266 g/mol. The summed E-state index contributed by atoms with van der Waals surface area (Å²) in [5.41, 5.74) is 2.07. The topological polar surface area (TPSA) is 55.1 Å². The summed E-state index contributed by atoms with van der Waals surface area (Å²) >= 11 is 0. The number of hydrogen-bond acceptors (Lipinski definition) is 2. The fourth-order valence-corrected chi connectivity index (χ4v) is 1.69. The lowest BCUT2D eigenvalue weighted by Crippen LogP contribution is -1.97. The summed E-state index contributed by atoms with van der Waals surface area (Å²) in [5, 5.41) is 8.58. The van der Waals surface area contributed by atoms with Crippen molar-refractivity contribution in [3.63, 3.8) is 0 Å². The van der Waals surface area contributed by atoms with E-state index in [0.29, 0.717) is 12.1 Å². The Labute approximate surface area is 108 Å². The van der Waals surface area contributed by atoms with Crippen molar-refractivity contribution in [1.29, 1.82) is 0 Å². The summed E-state index contributed by atoms with van der Waals surface area (Å²) < 4.78 is 25.5. The van der Waals surface area contributed by atoms with Crippen LogP contribution in [0.2, 0.25) is 0 Å². The highest BCUT2D eigenvalue weighted by Gasteiger charge is 2.08. The molecular weight excluding hydrogens is 254 g/mol. The molecule has 0 aliphatic carbocycles. The van der Waals surface area contributed by atoms with Crippen molar-refractivity contribution < 1.29 is 18.7 Å². The molecule has 0 saturated heterocycles. The van der Waals surface area contributed by atoms with E-state index in [0.717, 1.165) is 22.0 Å². The maximum absolute atomic E-state index is 12.4. The highest BCUT2D eigenvalue weighted by Crippen LogP contribution is 2.20. The molecule has 0 bridgehead atoms. The minimum absolute atomic E-state index is 0.0688. The second-order valence-electron chi connectivity index (χ2n) is 4.07. The molecule has 1 N–H and O–H groups in total. The molecule has 0 spiro atoms. The molecule has 2 rings (SSSR count). The van der Waals surface area contributed by atoms with Crippen LogP contribution in [-0.4, -0.2) is 20.6 Å². The summed E-state index contributed by atoms with van der Waals surface area (Å²) in [6.45, 7) is -2.60. The first-order chi connectivity index (χ1) is 9.06. The largest absolute Gasteiger partial charge is 0.481 e. The van der Waals surface area contributed by atoms with E-state index in [1.54, 1.807) is 24.3 Å². The average Bonchev–Trinajstić information content (AvgIpc) is 2.86. The summed E-state index contributed by atoms with van der Waals surface area (Å²) in [7, 11) is 0. The number of carboxylic acid groups (broad SMARTS) is 1. The number of hydrogen-bond donors (Lipinski definition) is 1. The highest BCUT2D eigenvalue weighted by molar-refractivity contribution is 5.67. The third kappa shape index (κ3) is 3.37. The van der Waals surface area contributed by atoms with Gasteiger partial charge in [0.2, 0.25) is 0 Å². The Kier molecular flexibility index (Phi) is 3.89. The number of aliphatic carboxylic acids is 1. The molecule has 0 amide bonds. The third-order valence-electron chi connectivity index (χ3n) is 2.70. The second-order valence-corrected chi connectivity index (χ2v) is 4.07. The van der Waals surface area contributed by atoms with Crippen molar-refractivity contribution in [2.75, 3.05) is 0 Å². The normalized spacial score (nSPS) is 10.9. The first-order valence-electron chi connectivity index (χ1n) is 5.69. The number of nitrogens with zero attached hydrogens (tertiary/aromatic N) is 2. The van der Waals surface area contributed by atoms with E-state index >= 15 is 0 Å². The van der Waals surface area contributed by atoms with Gasteiger partial charge in [0.25, 0.3) is 0 Å². The molecule has 0 aliphatic rings. The van der Waals surface area contributed by atoms with Gasteiger partial charge in [-0.25, -0.2) is 4.98 Å². The van der Waals surface area contributed by atoms with Crippen LogP contribution in [0.1, 0.15) is 18.5 Å². The zero-order valence-corrected chi connectivity index (χ0v) is 9.96. The first kappa shape index (κ1) is 13.2. The van der Waals surface area contributed by atoms with E-state index in [1.807, 2.05) is 0 Å². The predicted molar refractivity (Wildman–Crippen MR) is 64.9 cm³/mol. The lowest BCUT2D eigenvalue weighted by Gasteiger charge is -2.01. The predicted octanol–water partition coefficient (Wildman–Crippen LogP) is 2.96. The molecule has 0 saturated carbocycles. The molecule has 1 heterocycles. The summed E-state index contributed by atoms with van der Waals surface area (Å²) in [5.74, 6) is -0.847. The van der Waals surface area contributed by atoms with Crippen molar-refractivity contribution in [3.8, 4) is 11.3 Å². The summed E-state index contributed by atoms with van der Waals surface area (Å²) in [4.78, 5) is 14.3. The van der Waals surface area contributed by atoms with Crippen molar-refractivity contribution in [2.45, 2.75) is 19.4 Å². The summed E-state index contributed by atoms with van der Waals surface area (Å²) in [6, 6.07) is 7.05. The molecule has 0 atom stereocenters. The van der Waals surface area contributed by atoms with Gasteiger partial charge in [0.1, 0.15) is 0 Å². The first-order valence-corrected chi connectivity index (χ1v) is 5.69. The van der Waals surface area contributed by atoms with Crippen LogP contribution in [0.15, 0.2) is 36.8 Å². The zero-order chi connectivity index (χ0) is 13.8. The molecule has 1 aromatic heterocycles. The van der Waals surface area contributed by atoms with Gasteiger partial charge in [-0.1, -0.05) is 24.3 Å². The van der Waals surface area contributed by atoms with Crippen molar-refractivity contribution >= 4 is 5.97 Å².